The fourth-order valence-electron chi connectivity index (χ4n) is 0.699. The summed E-state index contributed by atoms with van der Waals surface area (Å²) in [7, 11) is 0. The summed E-state index contributed by atoms with van der Waals surface area (Å²) in [6.45, 7) is -1.09. The van der Waals surface area contributed by atoms with Gasteiger partial charge in [0.05, 0.1) is 0 Å². The van der Waals surface area contributed by atoms with Gasteiger partial charge < -0.3 is 0 Å². The highest BCUT2D eigenvalue weighted by Crippen LogP contribution is 2.19. The minimum Gasteiger partial charge on any atom is -0.255 e. The van der Waals surface area contributed by atoms with E-state index in [9.17, 15) is 17.6 Å². The van der Waals surface area contributed by atoms with Gasteiger partial charge in [-0.1, -0.05) is 0 Å². The first-order valence-corrected chi connectivity index (χ1v) is 3.13. The van der Waals surface area contributed by atoms with Crippen molar-refractivity contribution in [1.29, 1.82) is 0 Å². The van der Waals surface area contributed by atoms with E-state index in [1.165, 1.54) is 0 Å². The van der Waals surface area contributed by atoms with Crippen LogP contribution in [0, 0.1) is 5.82 Å². The van der Waals surface area contributed by atoms with Gasteiger partial charge in [0.15, 0.2) is 0 Å². The zero-order valence-electron chi connectivity index (χ0n) is 5.90. The van der Waals surface area contributed by atoms with Crippen LogP contribution in [0.25, 0.3) is 0 Å². The number of hydrogen-bond acceptors (Lipinski definition) is 1. The van der Waals surface area contributed by atoms with Crippen LogP contribution in [0.1, 0.15) is 17.7 Å². The van der Waals surface area contributed by atoms with Crippen LogP contribution in [0.15, 0.2) is 12.3 Å². The van der Waals surface area contributed by atoms with Gasteiger partial charge in [-0.3, -0.25) is 4.98 Å². The van der Waals surface area contributed by atoms with Crippen molar-refractivity contribution in [3.63, 3.8) is 0 Å². The fourth-order valence-corrected chi connectivity index (χ4v) is 0.699. The van der Waals surface area contributed by atoms with Gasteiger partial charge in [0, 0.05) is 11.8 Å². The molecule has 66 valence electrons. The van der Waals surface area contributed by atoms with Gasteiger partial charge in [-0.05, 0) is 6.07 Å². The molecule has 1 aromatic rings. The molecule has 0 atom stereocenters. The van der Waals surface area contributed by atoms with E-state index in [1.807, 2.05) is 0 Å². The average molecular weight is 179 g/mol. The number of pyridine rings is 1. The lowest BCUT2D eigenvalue weighted by atomic mass is 10.2. The number of nitrogens with zero attached hydrogens (tertiary/aromatic N) is 1. The summed E-state index contributed by atoms with van der Waals surface area (Å²) in [6.07, 6.45) is -2.01. The number of rotatable bonds is 2. The van der Waals surface area contributed by atoms with E-state index in [0.29, 0.717) is 6.07 Å². The Morgan fingerprint density at radius 2 is 2.08 bits per heavy atom. The molecule has 0 amide bonds. The number of aromatic nitrogens is 1. The molecule has 1 nitrogen and oxygen atoms in total. The fraction of sp³-hybridized carbons (Fsp3) is 0.286. The Hall–Kier alpha value is -1.13. The summed E-state index contributed by atoms with van der Waals surface area (Å²) in [5.74, 6) is -1.03. The van der Waals surface area contributed by atoms with Crippen molar-refractivity contribution >= 4 is 0 Å². The predicted molar refractivity (Wildman–Crippen MR) is 34.0 cm³/mol. The largest absolute Gasteiger partial charge is 0.265 e. The van der Waals surface area contributed by atoms with E-state index in [1.54, 1.807) is 0 Å². The Labute approximate surface area is 66.0 Å². The van der Waals surface area contributed by atoms with E-state index >= 15 is 0 Å². The molecule has 12 heavy (non-hydrogen) atoms. The van der Waals surface area contributed by atoms with Gasteiger partial charge in [-0.25, -0.2) is 17.6 Å². The zero-order valence-corrected chi connectivity index (χ0v) is 5.90. The molecule has 5 heteroatoms. The highest BCUT2D eigenvalue weighted by molar-refractivity contribution is 5.16. The topological polar surface area (TPSA) is 12.9 Å². The Morgan fingerprint density at radius 1 is 1.42 bits per heavy atom. The second kappa shape index (κ2) is 3.51. The quantitative estimate of drug-likeness (QED) is 0.636. The maximum absolute atomic E-state index is 12.6. The lowest BCUT2D eigenvalue weighted by Crippen LogP contribution is -1.95. The van der Waals surface area contributed by atoms with Crippen LogP contribution >= 0.6 is 0 Å². The molecule has 1 aromatic heterocycles. The molecule has 0 saturated heterocycles. The number of halogens is 4. The molecule has 0 aliphatic carbocycles. The summed E-state index contributed by atoms with van der Waals surface area (Å²) in [5.41, 5.74) is -0.982. The number of alkyl halides is 3. The third-order valence-corrected chi connectivity index (χ3v) is 1.32. The Bertz CT molecular complexity index is 274. The normalized spacial score (nSPS) is 10.8. The molecule has 0 unspecified atom stereocenters. The molecule has 0 aliphatic heterocycles. The highest BCUT2D eigenvalue weighted by Gasteiger charge is 2.11. The van der Waals surface area contributed by atoms with Gasteiger partial charge in [0.2, 0.25) is 0 Å². The lowest BCUT2D eigenvalue weighted by molar-refractivity contribution is 0.150. The second-order valence-electron chi connectivity index (χ2n) is 2.13. The minimum absolute atomic E-state index is 0.445. The molecular weight excluding hydrogens is 174 g/mol. The van der Waals surface area contributed by atoms with Gasteiger partial charge in [-0.2, -0.15) is 0 Å². The molecule has 0 spiro atoms. The molecule has 1 rings (SSSR count). The molecule has 0 radical (unpaired) electrons. The van der Waals surface area contributed by atoms with Gasteiger partial charge >= 0.3 is 0 Å². The monoisotopic (exact) mass is 179 g/mol. The van der Waals surface area contributed by atoms with Crippen molar-refractivity contribution in [2.75, 3.05) is 0 Å². The van der Waals surface area contributed by atoms with Crippen LogP contribution in [0.4, 0.5) is 17.6 Å². The number of hydrogen-bond donors (Lipinski definition) is 0. The Balaban J connectivity index is 3.02. The van der Waals surface area contributed by atoms with E-state index in [-0.39, 0.29) is 0 Å². The maximum atomic E-state index is 12.6. The summed E-state index contributed by atoms with van der Waals surface area (Å²) >= 11 is 0. The van der Waals surface area contributed by atoms with Crippen molar-refractivity contribution in [1.82, 2.24) is 4.98 Å². The zero-order chi connectivity index (χ0) is 9.14. The molecule has 1 heterocycles. The average Bonchev–Trinajstić information content (AvgIpc) is 2.04. The summed E-state index contributed by atoms with van der Waals surface area (Å²) < 4.78 is 48.2. The first-order valence-electron chi connectivity index (χ1n) is 3.13. The van der Waals surface area contributed by atoms with Gasteiger partial charge in [-0.15, -0.1) is 0 Å². The van der Waals surface area contributed by atoms with Crippen LogP contribution in [0.5, 0.6) is 0 Å². The van der Waals surface area contributed by atoms with E-state index < -0.39 is 30.2 Å². The van der Waals surface area contributed by atoms with Gasteiger partial charge in [0.1, 0.15) is 18.2 Å². The molecule has 0 N–H and O–H groups in total. The lowest BCUT2D eigenvalue weighted by Gasteiger charge is -2.00. The molecule has 0 saturated carbocycles. The summed E-state index contributed by atoms with van der Waals surface area (Å²) in [5, 5.41) is 0. The van der Waals surface area contributed by atoms with Crippen molar-refractivity contribution < 1.29 is 17.6 Å². The van der Waals surface area contributed by atoms with Crippen LogP contribution in [-0.4, -0.2) is 4.98 Å². The van der Waals surface area contributed by atoms with Crippen molar-refractivity contribution in [3.8, 4) is 0 Å². The van der Waals surface area contributed by atoms with Crippen LogP contribution < -0.4 is 0 Å². The minimum atomic E-state index is -2.78. The Morgan fingerprint density at radius 3 is 2.50 bits per heavy atom. The standard InChI is InChI=1S/C7H5F4N/c8-2-6-5(9)1-4(3-12-6)7(10)11/h1,3,7H,2H2. The summed E-state index contributed by atoms with van der Waals surface area (Å²) in [6, 6.07) is 0.590. The smallest absolute Gasteiger partial charge is 0.255 e. The van der Waals surface area contributed by atoms with Crippen LogP contribution in [0.3, 0.4) is 0 Å². The Kier molecular flexibility index (Phi) is 2.62. The second-order valence-corrected chi connectivity index (χ2v) is 2.13. The predicted octanol–water partition coefficient (Wildman–Crippen LogP) is 2.63. The third-order valence-electron chi connectivity index (χ3n) is 1.32. The maximum Gasteiger partial charge on any atom is 0.265 e. The van der Waals surface area contributed by atoms with Gasteiger partial charge in [0.25, 0.3) is 6.43 Å². The highest BCUT2D eigenvalue weighted by atomic mass is 19.3. The van der Waals surface area contributed by atoms with Crippen molar-refractivity contribution in [2.45, 2.75) is 13.1 Å². The molecule has 0 fully saturated rings. The van der Waals surface area contributed by atoms with E-state index in [2.05, 4.69) is 4.98 Å². The molecule has 0 aromatic carbocycles. The van der Waals surface area contributed by atoms with Crippen molar-refractivity contribution in [3.05, 3.63) is 29.3 Å². The van der Waals surface area contributed by atoms with E-state index in [4.69, 9.17) is 0 Å². The SMILES string of the molecule is FCc1ncc(C(F)F)cc1F. The molecular formula is C7H5F4N. The van der Waals surface area contributed by atoms with E-state index in [0.717, 1.165) is 6.20 Å². The first kappa shape index (κ1) is 8.96. The molecule has 0 aliphatic rings. The molecule has 0 bridgehead atoms. The van der Waals surface area contributed by atoms with Crippen LogP contribution in [0.2, 0.25) is 0 Å². The first-order chi connectivity index (χ1) is 5.65. The summed E-state index contributed by atoms with van der Waals surface area (Å²) in [4.78, 5) is 3.19. The third kappa shape index (κ3) is 1.72. The van der Waals surface area contributed by atoms with Crippen molar-refractivity contribution in [2.24, 2.45) is 0 Å². The van der Waals surface area contributed by atoms with Crippen LogP contribution in [-0.2, 0) is 6.67 Å².